The molecule has 2 nitrogen and oxygen atoms in total. The molecule has 0 bridgehead atoms. The molecular formula is C15H21NO. The van der Waals surface area contributed by atoms with Gasteiger partial charge in [-0.25, -0.2) is 0 Å². The van der Waals surface area contributed by atoms with Crippen LogP contribution in [0.25, 0.3) is 0 Å². The summed E-state index contributed by atoms with van der Waals surface area (Å²) in [7, 11) is 0. The minimum absolute atomic E-state index is 0.582. The molecule has 0 spiro atoms. The van der Waals surface area contributed by atoms with E-state index in [9.17, 15) is 5.11 Å². The van der Waals surface area contributed by atoms with Gasteiger partial charge in [0.05, 0.1) is 5.60 Å². The Labute approximate surface area is 103 Å². The van der Waals surface area contributed by atoms with Crippen LogP contribution >= 0.6 is 0 Å². The zero-order valence-electron chi connectivity index (χ0n) is 10.3. The number of benzene rings is 1. The Kier molecular flexibility index (Phi) is 2.93. The number of likely N-dealkylation sites (tertiary alicyclic amines) is 1. The van der Waals surface area contributed by atoms with Gasteiger partial charge in [-0.3, -0.25) is 0 Å². The van der Waals surface area contributed by atoms with Crippen molar-refractivity contribution < 1.29 is 5.11 Å². The Morgan fingerprint density at radius 2 is 1.71 bits per heavy atom. The summed E-state index contributed by atoms with van der Waals surface area (Å²) >= 11 is 0. The largest absolute Gasteiger partial charge is 0.385 e. The second-order valence-electron chi connectivity index (χ2n) is 5.52. The fraction of sp³-hybridized carbons (Fsp3) is 0.600. The zero-order chi connectivity index (χ0) is 11.7. The van der Waals surface area contributed by atoms with Gasteiger partial charge in [-0.05, 0) is 31.2 Å². The van der Waals surface area contributed by atoms with E-state index >= 15 is 0 Å². The molecule has 92 valence electrons. The van der Waals surface area contributed by atoms with E-state index in [1.165, 1.54) is 19.3 Å². The van der Waals surface area contributed by atoms with Gasteiger partial charge in [-0.15, -0.1) is 0 Å². The van der Waals surface area contributed by atoms with Crippen LogP contribution in [0, 0.1) is 0 Å². The summed E-state index contributed by atoms with van der Waals surface area (Å²) in [6.45, 7) is 2.10. The number of nitrogens with zero attached hydrogens (tertiary/aromatic N) is 1. The second-order valence-corrected chi connectivity index (χ2v) is 5.52. The lowest BCUT2D eigenvalue weighted by Crippen LogP contribution is -2.49. The number of hydrogen-bond donors (Lipinski definition) is 1. The third kappa shape index (κ3) is 2.12. The number of hydrogen-bond acceptors (Lipinski definition) is 2. The highest BCUT2D eigenvalue weighted by atomic mass is 16.3. The Bertz CT molecular complexity index is 364. The van der Waals surface area contributed by atoms with Gasteiger partial charge in [0, 0.05) is 19.1 Å². The molecule has 1 aliphatic carbocycles. The van der Waals surface area contributed by atoms with E-state index in [1.54, 1.807) is 0 Å². The second kappa shape index (κ2) is 4.43. The third-order valence-electron chi connectivity index (χ3n) is 4.53. The smallest absolute Gasteiger partial charge is 0.0920 e. The zero-order valence-corrected chi connectivity index (χ0v) is 10.3. The third-order valence-corrected chi connectivity index (χ3v) is 4.53. The molecule has 0 aromatic heterocycles. The molecule has 0 unspecified atom stereocenters. The van der Waals surface area contributed by atoms with Crippen molar-refractivity contribution >= 4 is 0 Å². The van der Waals surface area contributed by atoms with Crippen molar-refractivity contribution in [1.82, 2.24) is 4.90 Å². The Balaban J connectivity index is 1.67. The first-order valence-corrected chi connectivity index (χ1v) is 6.80. The van der Waals surface area contributed by atoms with Gasteiger partial charge in [0.25, 0.3) is 0 Å². The van der Waals surface area contributed by atoms with Gasteiger partial charge in [0.1, 0.15) is 0 Å². The first-order valence-electron chi connectivity index (χ1n) is 6.80. The average Bonchev–Trinajstić information content (AvgIpc) is 2.31. The van der Waals surface area contributed by atoms with Gasteiger partial charge in [-0.1, -0.05) is 36.8 Å². The summed E-state index contributed by atoms with van der Waals surface area (Å²) < 4.78 is 0. The van der Waals surface area contributed by atoms with Crippen LogP contribution in [-0.2, 0) is 5.60 Å². The maximum Gasteiger partial charge on any atom is 0.0920 e. The van der Waals surface area contributed by atoms with Crippen molar-refractivity contribution in [2.45, 2.75) is 43.7 Å². The van der Waals surface area contributed by atoms with Gasteiger partial charge in [-0.2, -0.15) is 0 Å². The highest BCUT2D eigenvalue weighted by molar-refractivity contribution is 5.23. The van der Waals surface area contributed by atoms with E-state index in [1.807, 2.05) is 18.2 Å². The fourth-order valence-electron chi connectivity index (χ4n) is 3.05. The number of piperidine rings is 1. The highest BCUT2D eigenvalue weighted by Crippen LogP contribution is 2.35. The van der Waals surface area contributed by atoms with Crippen molar-refractivity contribution in [2.75, 3.05) is 13.1 Å². The molecule has 1 heterocycles. The summed E-state index contributed by atoms with van der Waals surface area (Å²) in [6.07, 6.45) is 5.89. The van der Waals surface area contributed by atoms with E-state index in [0.29, 0.717) is 0 Å². The number of aliphatic hydroxyl groups is 1. The normalized spacial score (nSPS) is 25.5. The van der Waals surface area contributed by atoms with Gasteiger partial charge < -0.3 is 10.0 Å². The first kappa shape index (κ1) is 11.2. The van der Waals surface area contributed by atoms with Crippen molar-refractivity contribution in [3.05, 3.63) is 35.9 Å². The van der Waals surface area contributed by atoms with Gasteiger partial charge in [0.2, 0.25) is 0 Å². The maximum atomic E-state index is 10.7. The van der Waals surface area contributed by atoms with Crippen LogP contribution in [0.5, 0.6) is 0 Å². The summed E-state index contributed by atoms with van der Waals surface area (Å²) in [5.41, 5.74) is 0.509. The average molecular weight is 231 g/mol. The molecule has 2 aliphatic rings. The van der Waals surface area contributed by atoms with Crippen molar-refractivity contribution in [1.29, 1.82) is 0 Å². The summed E-state index contributed by atoms with van der Waals surface area (Å²) in [5.74, 6) is 0. The van der Waals surface area contributed by atoms with Gasteiger partial charge >= 0.3 is 0 Å². The van der Waals surface area contributed by atoms with E-state index in [2.05, 4.69) is 17.0 Å². The Morgan fingerprint density at radius 3 is 2.24 bits per heavy atom. The van der Waals surface area contributed by atoms with E-state index in [-0.39, 0.29) is 0 Å². The lowest BCUT2D eigenvalue weighted by atomic mass is 9.82. The van der Waals surface area contributed by atoms with Gasteiger partial charge in [0.15, 0.2) is 0 Å². The molecule has 3 rings (SSSR count). The van der Waals surface area contributed by atoms with E-state index < -0.39 is 5.60 Å². The lowest BCUT2D eigenvalue weighted by molar-refractivity contribution is -0.0442. The molecule has 1 saturated carbocycles. The monoisotopic (exact) mass is 231 g/mol. The maximum absolute atomic E-state index is 10.7. The summed E-state index contributed by atoms with van der Waals surface area (Å²) in [5, 5.41) is 10.7. The highest BCUT2D eigenvalue weighted by Gasteiger charge is 2.36. The van der Waals surface area contributed by atoms with Crippen LogP contribution in [0.3, 0.4) is 0 Å². The van der Waals surface area contributed by atoms with Crippen LogP contribution in [0.4, 0.5) is 0 Å². The molecule has 0 radical (unpaired) electrons. The molecule has 2 heteroatoms. The molecule has 1 aromatic carbocycles. The topological polar surface area (TPSA) is 23.5 Å². The molecule has 1 N–H and O–H groups in total. The molecule has 1 aliphatic heterocycles. The summed E-state index contributed by atoms with van der Waals surface area (Å²) in [4.78, 5) is 2.57. The van der Waals surface area contributed by atoms with E-state index in [0.717, 1.165) is 37.5 Å². The van der Waals surface area contributed by atoms with E-state index in [4.69, 9.17) is 0 Å². The van der Waals surface area contributed by atoms with Crippen molar-refractivity contribution in [2.24, 2.45) is 0 Å². The van der Waals surface area contributed by atoms with Crippen LogP contribution in [-0.4, -0.2) is 29.1 Å². The molecule has 0 atom stereocenters. The minimum atomic E-state index is -0.582. The number of rotatable bonds is 2. The standard InChI is InChI=1S/C15H21NO/c17-15(13-5-2-1-3-6-13)9-11-16(12-10-15)14-7-4-8-14/h1-3,5-6,14,17H,4,7-12H2. The molecule has 2 fully saturated rings. The minimum Gasteiger partial charge on any atom is -0.385 e. The van der Waals surface area contributed by atoms with Crippen LogP contribution in [0.2, 0.25) is 0 Å². The molecule has 17 heavy (non-hydrogen) atoms. The molecule has 0 amide bonds. The SMILES string of the molecule is OC1(c2ccccc2)CCN(C2CCC2)CC1. The van der Waals surface area contributed by atoms with Crippen molar-refractivity contribution in [3.63, 3.8) is 0 Å². The predicted molar refractivity (Wildman–Crippen MR) is 68.8 cm³/mol. The lowest BCUT2D eigenvalue weighted by Gasteiger charge is -2.44. The molecule has 1 aromatic rings. The molecular weight excluding hydrogens is 210 g/mol. The summed E-state index contributed by atoms with van der Waals surface area (Å²) in [6, 6.07) is 11.0. The quantitative estimate of drug-likeness (QED) is 0.845. The van der Waals surface area contributed by atoms with Crippen LogP contribution in [0.15, 0.2) is 30.3 Å². The fourth-order valence-corrected chi connectivity index (χ4v) is 3.05. The Hall–Kier alpha value is -0.860. The predicted octanol–water partition coefficient (Wildman–Crippen LogP) is 2.52. The first-order chi connectivity index (χ1) is 8.28. The molecule has 1 saturated heterocycles. The van der Waals surface area contributed by atoms with Crippen molar-refractivity contribution in [3.8, 4) is 0 Å². The van der Waals surface area contributed by atoms with Crippen LogP contribution < -0.4 is 0 Å². The van der Waals surface area contributed by atoms with Crippen LogP contribution in [0.1, 0.15) is 37.7 Å². The Morgan fingerprint density at radius 1 is 1.06 bits per heavy atom.